The number of carbonyl (C=O) groups excluding carboxylic acids is 3. The minimum absolute atomic E-state index is 0.0244. The van der Waals surface area contributed by atoms with Gasteiger partial charge in [0.25, 0.3) is 0 Å². The van der Waals surface area contributed by atoms with Crippen molar-refractivity contribution in [1.82, 2.24) is 15.1 Å². The molecule has 0 aliphatic carbocycles. The lowest BCUT2D eigenvalue weighted by Crippen LogP contribution is -2.58. The summed E-state index contributed by atoms with van der Waals surface area (Å²) in [5.74, 6) is -1.81. The highest BCUT2D eigenvalue weighted by atomic mass is 16.6. The Kier molecular flexibility index (Phi) is 10.3. The first kappa shape index (κ1) is 29.6. The maximum absolute atomic E-state index is 13.7. The highest BCUT2D eigenvalue weighted by Crippen LogP contribution is 2.28. The zero-order valence-corrected chi connectivity index (χ0v) is 23.7. The molecule has 2 heterocycles. The second-order valence-electron chi connectivity index (χ2n) is 11.9. The highest BCUT2D eigenvalue weighted by molar-refractivity contribution is 5.91. The van der Waals surface area contributed by atoms with Crippen LogP contribution in [0, 0.1) is 17.8 Å². The first-order chi connectivity index (χ1) is 18.0. The van der Waals surface area contributed by atoms with Gasteiger partial charge in [-0.15, -0.1) is 6.58 Å². The summed E-state index contributed by atoms with van der Waals surface area (Å²) < 4.78 is 5.66. The molecule has 1 fully saturated rings. The molecule has 0 radical (unpaired) electrons. The Bertz CT molecular complexity index is 998. The molecule has 0 saturated carbocycles. The highest BCUT2D eigenvalue weighted by Gasteiger charge is 2.39. The summed E-state index contributed by atoms with van der Waals surface area (Å²) in [7, 11) is 0. The third-order valence-corrected chi connectivity index (χ3v) is 7.06. The van der Waals surface area contributed by atoms with Gasteiger partial charge in [0.1, 0.15) is 11.6 Å². The SMILES string of the molecule is C=CCC(C(=O)OC(C)(C)C)C(CC(C)C)C(=O)NC1CC=CC2CN(Cc3ccccc3)CCN2C1=O. The predicted molar refractivity (Wildman–Crippen MR) is 150 cm³/mol. The minimum Gasteiger partial charge on any atom is -0.460 e. The first-order valence-electron chi connectivity index (χ1n) is 13.9. The summed E-state index contributed by atoms with van der Waals surface area (Å²) in [4.78, 5) is 44.6. The van der Waals surface area contributed by atoms with Crippen LogP contribution in [0.15, 0.2) is 55.1 Å². The van der Waals surface area contributed by atoms with Gasteiger partial charge < -0.3 is 15.0 Å². The Morgan fingerprint density at radius 1 is 1.16 bits per heavy atom. The maximum Gasteiger partial charge on any atom is 0.310 e. The van der Waals surface area contributed by atoms with E-state index in [4.69, 9.17) is 4.74 Å². The van der Waals surface area contributed by atoms with E-state index in [1.807, 2.05) is 63.8 Å². The Hall–Kier alpha value is -2.93. The molecule has 1 aromatic rings. The molecule has 7 heteroatoms. The Morgan fingerprint density at radius 2 is 1.87 bits per heavy atom. The van der Waals surface area contributed by atoms with Crippen molar-refractivity contribution in [2.75, 3.05) is 19.6 Å². The molecule has 1 N–H and O–H groups in total. The normalized spacial score (nSPS) is 21.8. The molecule has 208 valence electrons. The topological polar surface area (TPSA) is 79.0 Å². The van der Waals surface area contributed by atoms with E-state index in [9.17, 15) is 14.4 Å². The number of hydrogen-bond acceptors (Lipinski definition) is 5. The standard InChI is InChI=1S/C31H45N3O4/c1-7-12-25(30(37)38-31(4,5)6)26(19-22(2)3)28(35)32-27-16-11-15-24-21-33(17-18-34(24)29(27)36)20-23-13-9-8-10-14-23/h7-11,13-15,22,24-27H,1,12,16-21H2,2-6H3,(H,32,35). The Morgan fingerprint density at radius 3 is 2.50 bits per heavy atom. The first-order valence-corrected chi connectivity index (χ1v) is 13.9. The number of carbonyl (C=O) groups is 3. The van der Waals surface area contributed by atoms with Gasteiger partial charge in [0.15, 0.2) is 0 Å². The average Bonchev–Trinajstić information content (AvgIpc) is 2.99. The smallest absolute Gasteiger partial charge is 0.310 e. The largest absolute Gasteiger partial charge is 0.460 e. The van der Waals surface area contributed by atoms with Crippen molar-refractivity contribution in [2.45, 2.75) is 78.1 Å². The summed E-state index contributed by atoms with van der Waals surface area (Å²) >= 11 is 0. The molecule has 4 atom stereocenters. The predicted octanol–water partition coefficient (Wildman–Crippen LogP) is 4.34. The Balaban J connectivity index is 1.70. The van der Waals surface area contributed by atoms with Gasteiger partial charge in [-0.25, -0.2) is 0 Å². The molecule has 2 amide bonds. The number of esters is 1. The van der Waals surface area contributed by atoms with Crippen LogP contribution < -0.4 is 5.32 Å². The third kappa shape index (κ3) is 8.29. The van der Waals surface area contributed by atoms with Crippen LogP contribution in [0.2, 0.25) is 0 Å². The van der Waals surface area contributed by atoms with E-state index in [-0.39, 0.29) is 23.8 Å². The van der Waals surface area contributed by atoms with Gasteiger partial charge in [-0.2, -0.15) is 0 Å². The number of benzene rings is 1. The molecule has 2 aliphatic rings. The van der Waals surface area contributed by atoms with Gasteiger partial charge in [0, 0.05) is 26.2 Å². The van der Waals surface area contributed by atoms with E-state index in [1.165, 1.54) is 5.56 Å². The number of nitrogens with one attached hydrogen (secondary N) is 1. The van der Waals surface area contributed by atoms with Gasteiger partial charge in [-0.1, -0.05) is 62.4 Å². The van der Waals surface area contributed by atoms with Crippen molar-refractivity contribution in [1.29, 1.82) is 0 Å². The van der Waals surface area contributed by atoms with E-state index >= 15 is 0 Å². The van der Waals surface area contributed by atoms with Crippen LogP contribution in [-0.2, 0) is 25.7 Å². The summed E-state index contributed by atoms with van der Waals surface area (Å²) in [5.41, 5.74) is 0.597. The van der Waals surface area contributed by atoms with E-state index < -0.39 is 29.4 Å². The fourth-order valence-electron chi connectivity index (χ4n) is 5.31. The Labute approximate surface area is 228 Å². The number of piperazine rings is 1. The van der Waals surface area contributed by atoms with Crippen LogP contribution in [0.25, 0.3) is 0 Å². The molecule has 38 heavy (non-hydrogen) atoms. The monoisotopic (exact) mass is 523 g/mol. The molecule has 2 aliphatic heterocycles. The molecular formula is C31H45N3O4. The third-order valence-electron chi connectivity index (χ3n) is 7.06. The van der Waals surface area contributed by atoms with Gasteiger partial charge in [0.05, 0.1) is 17.9 Å². The maximum atomic E-state index is 13.7. The molecule has 4 unspecified atom stereocenters. The zero-order chi connectivity index (χ0) is 27.9. The van der Waals surface area contributed by atoms with Crippen LogP contribution in [-0.4, -0.2) is 64.9 Å². The molecule has 0 spiro atoms. The number of hydrogen-bond donors (Lipinski definition) is 1. The number of fused-ring (bicyclic) bond motifs is 1. The van der Waals surface area contributed by atoms with Crippen molar-refractivity contribution < 1.29 is 19.1 Å². The molecule has 1 aromatic carbocycles. The van der Waals surface area contributed by atoms with Gasteiger partial charge in [-0.05, 0) is 51.5 Å². The quantitative estimate of drug-likeness (QED) is 0.365. The molecule has 3 rings (SSSR count). The van der Waals surface area contributed by atoms with Crippen LogP contribution in [0.5, 0.6) is 0 Å². The summed E-state index contributed by atoms with van der Waals surface area (Å²) in [6.45, 7) is 16.3. The second kappa shape index (κ2) is 13.2. The number of allylic oxidation sites excluding steroid dienone is 1. The molecule has 1 saturated heterocycles. The summed E-state index contributed by atoms with van der Waals surface area (Å²) in [6, 6.07) is 9.67. The fourth-order valence-corrected chi connectivity index (χ4v) is 5.31. The van der Waals surface area contributed by atoms with Gasteiger partial charge in [-0.3, -0.25) is 19.3 Å². The average molecular weight is 524 g/mol. The fraction of sp³-hybridized carbons (Fsp3) is 0.581. The molecule has 0 bridgehead atoms. The van der Waals surface area contributed by atoms with Gasteiger partial charge >= 0.3 is 5.97 Å². The van der Waals surface area contributed by atoms with Crippen molar-refractivity contribution in [2.24, 2.45) is 17.8 Å². The lowest BCUT2D eigenvalue weighted by atomic mass is 9.82. The lowest BCUT2D eigenvalue weighted by molar-refractivity contribution is -0.164. The van der Waals surface area contributed by atoms with Crippen molar-refractivity contribution in [3.05, 3.63) is 60.7 Å². The van der Waals surface area contributed by atoms with Crippen LogP contribution >= 0.6 is 0 Å². The van der Waals surface area contributed by atoms with E-state index in [2.05, 4.69) is 35.0 Å². The van der Waals surface area contributed by atoms with Crippen LogP contribution in [0.4, 0.5) is 0 Å². The molecular weight excluding hydrogens is 478 g/mol. The summed E-state index contributed by atoms with van der Waals surface area (Å²) in [6.07, 6.45) is 7.04. The van der Waals surface area contributed by atoms with Crippen molar-refractivity contribution >= 4 is 17.8 Å². The zero-order valence-electron chi connectivity index (χ0n) is 23.7. The summed E-state index contributed by atoms with van der Waals surface area (Å²) in [5, 5.41) is 3.02. The number of rotatable bonds is 10. The van der Waals surface area contributed by atoms with E-state index in [0.717, 1.165) is 19.6 Å². The number of nitrogens with zero attached hydrogens (tertiary/aromatic N) is 2. The van der Waals surface area contributed by atoms with Crippen LogP contribution in [0.1, 0.15) is 59.4 Å². The lowest BCUT2D eigenvalue weighted by Gasteiger charge is -2.40. The van der Waals surface area contributed by atoms with E-state index in [1.54, 1.807) is 6.08 Å². The molecule has 0 aromatic heterocycles. The molecule has 7 nitrogen and oxygen atoms in total. The van der Waals surface area contributed by atoms with Crippen molar-refractivity contribution in [3.8, 4) is 0 Å². The van der Waals surface area contributed by atoms with Crippen LogP contribution in [0.3, 0.4) is 0 Å². The second-order valence-corrected chi connectivity index (χ2v) is 11.9. The van der Waals surface area contributed by atoms with Gasteiger partial charge in [0.2, 0.25) is 11.8 Å². The number of amides is 2. The number of ether oxygens (including phenoxy) is 1. The minimum atomic E-state index is -0.658. The van der Waals surface area contributed by atoms with E-state index in [0.29, 0.717) is 25.8 Å². The van der Waals surface area contributed by atoms with Crippen molar-refractivity contribution in [3.63, 3.8) is 0 Å².